The van der Waals surface area contributed by atoms with Crippen LogP contribution in [0, 0.1) is 6.92 Å². The average molecular weight is 621 g/mol. The van der Waals surface area contributed by atoms with Crippen molar-refractivity contribution >= 4 is 38.7 Å². The number of allylic oxidation sites excluding steroid dienone is 2. The topological polar surface area (TPSA) is 116 Å². The summed E-state index contributed by atoms with van der Waals surface area (Å²) < 4.78 is 26.4. The second kappa shape index (κ2) is 13.8. The number of Topliss-reactive ketones (excluding diaryl/α,β-unsaturated/α-hetero) is 1. The van der Waals surface area contributed by atoms with Gasteiger partial charge in [0.2, 0.25) is 11.2 Å². The Morgan fingerprint density at radius 1 is 1.14 bits per heavy atom. The van der Waals surface area contributed by atoms with Crippen molar-refractivity contribution in [2.75, 3.05) is 6.54 Å². The van der Waals surface area contributed by atoms with Gasteiger partial charge in [-0.2, -0.15) is 0 Å². The molecular weight excluding hydrogens is 583 g/mol. The molecule has 2 aliphatic heterocycles. The number of unbranched alkanes of at least 4 members (excludes halogenated alkanes) is 1. The molecule has 2 atom stereocenters. The lowest BCUT2D eigenvalue weighted by atomic mass is 9.98. The van der Waals surface area contributed by atoms with Crippen molar-refractivity contribution in [1.29, 1.82) is 0 Å². The molecule has 0 aromatic heterocycles. The third-order valence-corrected chi connectivity index (χ3v) is 10.4. The van der Waals surface area contributed by atoms with Crippen LogP contribution in [0.3, 0.4) is 0 Å². The van der Waals surface area contributed by atoms with Crippen molar-refractivity contribution in [3.8, 4) is 0 Å². The van der Waals surface area contributed by atoms with Crippen molar-refractivity contribution in [2.45, 2.75) is 74.3 Å². The maximum Gasteiger partial charge on any atom is 0.222 e. The van der Waals surface area contributed by atoms with Gasteiger partial charge in [-0.1, -0.05) is 78.0 Å². The molecule has 0 spiro atoms. The first-order chi connectivity index (χ1) is 20.4. The monoisotopic (exact) mass is 620 g/mol. The van der Waals surface area contributed by atoms with Gasteiger partial charge in [0.05, 0.1) is 21.8 Å². The molecule has 0 radical (unpaired) electrons. The lowest BCUT2D eigenvalue weighted by Crippen LogP contribution is -2.17. The molecular formula is C33H38N3O5S2+. The lowest BCUT2D eigenvalue weighted by Gasteiger charge is -2.18. The summed E-state index contributed by atoms with van der Waals surface area (Å²) in [4.78, 5) is 25.6. The van der Waals surface area contributed by atoms with Crippen molar-refractivity contribution in [3.63, 3.8) is 0 Å². The highest BCUT2D eigenvalue weighted by Gasteiger charge is 2.41. The number of thioether (sulfide) groups is 1. The quantitative estimate of drug-likeness (QED) is 0.106. The number of carbonyl (C=O) groups is 2. The fourth-order valence-electron chi connectivity index (χ4n) is 5.00. The smallest absolute Gasteiger partial charge is 0.222 e. The van der Waals surface area contributed by atoms with Crippen LogP contribution in [0.4, 0.5) is 0 Å². The number of nitrogens with zero attached hydrogens (tertiary/aromatic N) is 3. The fourth-order valence-corrected chi connectivity index (χ4v) is 7.52. The molecule has 0 fully saturated rings. The highest BCUT2D eigenvalue weighted by molar-refractivity contribution is 8.16. The average Bonchev–Trinajstić information content (AvgIpc) is 3.51. The van der Waals surface area contributed by atoms with Gasteiger partial charge in [0.1, 0.15) is 23.7 Å². The van der Waals surface area contributed by atoms with E-state index in [2.05, 4.69) is 16.9 Å². The Labute approximate surface area is 257 Å². The summed E-state index contributed by atoms with van der Waals surface area (Å²) in [5, 5.41) is 19.1. The fraction of sp³-hybridized carbons (Fsp3) is 0.364. The number of aryl methyl sites for hydroxylation is 1. The first-order valence-electron chi connectivity index (χ1n) is 14.3. The van der Waals surface area contributed by atoms with Crippen molar-refractivity contribution in [3.05, 3.63) is 101 Å². The Balaban J connectivity index is 1.22. The molecule has 2 aromatic carbocycles. The van der Waals surface area contributed by atoms with Gasteiger partial charge in [-0.15, -0.1) is 4.68 Å². The number of aliphatic hydroxyl groups excluding tert-OH is 1. The second-order valence-electron chi connectivity index (χ2n) is 11.2. The van der Waals surface area contributed by atoms with E-state index >= 15 is 0 Å². The number of ketones is 1. The Morgan fingerprint density at radius 3 is 2.51 bits per heavy atom. The van der Waals surface area contributed by atoms with Gasteiger partial charge in [0.25, 0.3) is 0 Å². The van der Waals surface area contributed by atoms with Crippen LogP contribution in [0.1, 0.15) is 67.4 Å². The summed E-state index contributed by atoms with van der Waals surface area (Å²) in [6.45, 7) is 9.77. The van der Waals surface area contributed by atoms with Crippen molar-refractivity contribution in [2.24, 2.45) is 10.3 Å². The molecule has 1 unspecified atom stereocenters. The number of rotatable bonds is 14. The van der Waals surface area contributed by atoms with Gasteiger partial charge in [-0.3, -0.25) is 9.59 Å². The second-order valence-corrected chi connectivity index (χ2v) is 14.6. The number of benzene rings is 2. The molecule has 0 aliphatic carbocycles. The zero-order chi connectivity index (χ0) is 31.2. The molecule has 2 aromatic rings. The highest BCUT2D eigenvalue weighted by Crippen LogP contribution is 2.45. The molecule has 43 heavy (non-hydrogen) atoms. The van der Waals surface area contributed by atoms with E-state index in [9.17, 15) is 23.1 Å². The Hall–Kier alpha value is -3.63. The number of aliphatic hydroxyl groups is 1. The summed E-state index contributed by atoms with van der Waals surface area (Å²) >= 11 is 1.13. The SMILES string of the molecule is C=C/C(C)=C/[C@@]1(C)SC(=O)C(CCCCC2C=[N+](CCC(=O)c3ccc(CS(=O)(=O)c4ccc(C)cc4)cc3)N=N2)=C1O. The zero-order valence-electron chi connectivity index (χ0n) is 24.8. The van der Waals surface area contributed by atoms with Crippen LogP contribution in [-0.4, -0.2) is 52.7 Å². The lowest BCUT2D eigenvalue weighted by molar-refractivity contribution is -0.530. The minimum Gasteiger partial charge on any atom is -0.510 e. The van der Waals surface area contributed by atoms with Crippen LogP contribution < -0.4 is 0 Å². The summed E-state index contributed by atoms with van der Waals surface area (Å²) in [7, 11) is -3.47. The van der Waals surface area contributed by atoms with Gasteiger partial charge in [0, 0.05) is 22.7 Å². The van der Waals surface area contributed by atoms with E-state index in [1.54, 1.807) is 59.3 Å². The van der Waals surface area contributed by atoms with E-state index in [1.807, 2.05) is 33.1 Å². The van der Waals surface area contributed by atoms with Gasteiger partial charge >= 0.3 is 0 Å². The molecule has 8 nitrogen and oxygen atoms in total. The normalized spacial score (nSPS) is 20.5. The predicted molar refractivity (Wildman–Crippen MR) is 170 cm³/mol. The Bertz CT molecular complexity index is 1620. The van der Waals surface area contributed by atoms with E-state index in [-0.39, 0.29) is 39.8 Å². The van der Waals surface area contributed by atoms with Crippen LogP contribution in [0.2, 0.25) is 0 Å². The standard InChI is InChI=1S/C33H37N3O5S2/c1-5-23(2)20-33(4)31(38)29(32(39)42-33)9-7-6-8-27-21-36(35-34-27)19-18-30(37)26-14-12-25(13-15-26)22-43(40,41)28-16-10-24(3)11-17-28/h5,10-17,20-21,27H,1,6-9,18-19,22H2,2-4H3/p+1/b23-20+/t27?,33-/m1/s1. The van der Waals surface area contributed by atoms with E-state index in [1.165, 1.54) is 0 Å². The zero-order valence-corrected chi connectivity index (χ0v) is 26.5. The minimum absolute atomic E-state index is 0.0581. The first-order valence-corrected chi connectivity index (χ1v) is 16.8. The minimum atomic E-state index is -3.47. The van der Waals surface area contributed by atoms with E-state index < -0.39 is 14.6 Å². The summed E-state index contributed by atoms with van der Waals surface area (Å²) in [5.74, 6) is -0.0548. The number of carbonyl (C=O) groups excluding carboxylic acids is 2. The summed E-state index contributed by atoms with van der Waals surface area (Å²) in [6, 6.07) is 13.4. The van der Waals surface area contributed by atoms with Gasteiger partial charge < -0.3 is 5.11 Å². The number of hydrogen-bond donors (Lipinski definition) is 1. The molecule has 10 heteroatoms. The summed E-state index contributed by atoms with van der Waals surface area (Å²) in [5.41, 5.74) is 3.53. The van der Waals surface area contributed by atoms with Crippen LogP contribution in [0.5, 0.6) is 0 Å². The maximum atomic E-state index is 12.8. The largest absolute Gasteiger partial charge is 0.510 e. The molecule has 0 saturated heterocycles. The molecule has 0 saturated carbocycles. The molecule has 2 aliphatic rings. The van der Waals surface area contributed by atoms with Gasteiger partial charge in [-0.05, 0) is 57.7 Å². The molecule has 0 bridgehead atoms. The van der Waals surface area contributed by atoms with Crippen LogP contribution in [-0.2, 0) is 20.4 Å². The molecule has 1 N–H and O–H groups in total. The van der Waals surface area contributed by atoms with E-state index in [0.29, 0.717) is 29.7 Å². The number of sulfone groups is 1. The third-order valence-electron chi connectivity index (χ3n) is 7.55. The maximum absolute atomic E-state index is 12.8. The third kappa shape index (κ3) is 8.26. The molecule has 226 valence electrons. The van der Waals surface area contributed by atoms with Crippen LogP contribution in [0.25, 0.3) is 0 Å². The number of hydrogen-bond acceptors (Lipinski definition) is 8. The highest BCUT2D eigenvalue weighted by atomic mass is 32.2. The van der Waals surface area contributed by atoms with Gasteiger partial charge in [0.15, 0.2) is 15.6 Å². The molecule has 0 amide bonds. The Kier molecular flexibility index (Phi) is 10.3. The van der Waals surface area contributed by atoms with Crippen molar-refractivity contribution < 1.29 is 27.8 Å². The Morgan fingerprint density at radius 2 is 1.84 bits per heavy atom. The molecule has 2 heterocycles. The van der Waals surface area contributed by atoms with Gasteiger partial charge in [-0.25, -0.2) is 8.42 Å². The van der Waals surface area contributed by atoms with E-state index in [4.69, 9.17) is 0 Å². The first kappa shape index (κ1) is 32.3. The van der Waals surface area contributed by atoms with Crippen LogP contribution in [0.15, 0.2) is 99.4 Å². The summed E-state index contributed by atoms with van der Waals surface area (Å²) in [6.07, 6.45) is 8.53. The van der Waals surface area contributed by atoms with E-state index in [0.717, 1.165) is 42.2 Å². The predicted octanol–water partition coefficient (Wildman–Crippen LogP) is 6.91. The van der Waals surface area contributed by atoms with Crippen LogP contribution >= 0.6 is 11.8 Å². The molecule has 4 rings (SSSR count). The van der Waals surface area contributed by atoms with Crippen molar-refractivity contribution in [1.82, 2.24) is 0 Å².